The van der Waals surface area contributed by atoms with Crippen LogP contribution in [0.2, 0.25) is 0 Å². The molecule has 0 unspecified atom stereocenters. The van der Waals surface area contributed by atoms with Gasteiger partial charge in [-0.05, 0) is 67.8 Å². The fourth-order valence-corrected chi connectivity index (χ4v) is 3.84. The van der Waals surface area contributed by atoms with Crippen LogP contribution >= 0.6 is 15.9 Å². The number of halogens is 1. The zero-order valence-electron chi connectivity index (χ0n) is 16.5. The number of rotatable bonds is 8. The minimum atomic E-state index is -3.60. The van der Waals surface area contributed by atoms with Crippen LogP contribution in [0.1, 0.15) is 16.7 Å². The van der Waals surface area contributed by atoms with Crippen LogP contribution in [0.4, 0.5) is 5.69 Å². The predicted molar refractivity (Wildman–Crippen MR) is 115 cm³/mol. The van der Waals surface area contributed by atoms with E-state index in [1.165, 1.54) is 0 Å². The van der Waals surface area contributed by atoms with Gasteiger partial charge in [0.2, 0.25) is 15.9 Å². The van der Waals surface area contributed by atoms with E-state index in [1.807, 2.05) is 32.9 Å². The lowest BCUT2D eigenvalue weighted by atomic mass is 10.1. The minimum Gasteiger partial charge on any atom is -0.492 e. The molecule has 1 amide bonds. The lowest BCUT2D eigenvalue weighted by Crippen LogP contribution is -2.41. The van der Waals surface area contributed by atoms with E-state index < -0.39 is 15.9 Å². The number of hydrogen-bond acceptors (Lipinski definition) is 4. The maximum absolute atomic E-state index is 12.3. The first kappa shape index (κ1) is 22.2. The van der Waals surface area contributed by atoms with Crippen LogP contribution in [0, 0.1) is 20.8 Å². The lowest BCUT2D eigenvalue weighted by molar-refractivity contribution is -0.119. The molecule has 2 aromatic rings. The molecule has 6 nitrogen and oxygen atoms in total. The van der Waals surface area contributed by atoms with E-state index in [-0.39, 0.29) is 13.1 Å². The summed E-state index contributed by atoms with van der Waals surface area (Å²) in [4.78, 5) is 12.3. The number of benzene rings is 2. The van der Waals surface area contributed by atoms with Crippen molar-refractivity contribution in [3.8, 4) is 5.75 Å². The van der Waals surface area contributed by atoms with E-state index >= 15 is 0 Å². The van der Waals surface area contributed by atoms with Gasteiger partial charge >= 0.3 is 0 Å². The number of carbonyl (C=O) groups is 1. The van der Waals surface area contributed by atoms with Gasteiger partial charge in [0.1, 0.15) is 18.9 Å². The molecular formula is C20H25BrN2O4S. The Morgan fingerprint density at radius 1 is 1.11 bits per heavy atom. The van der Waals surface area contributed by atoms with Crippen molar-refractivity contribution in [3.05, 3.63) is 57.6 Å². The molecule has 0 aliphatic heterocycles. The molecule has 0 aliphatic rings. The van der Waals surface area contributed by atoms with E-state index in [4.69, 9.17) is 4.74 Å². The summed E-state index contributed by atoms with van der Waals surface area (Å²) in [7, 11) is -3.60. The van der Waals surface area contributed by atoms with Gasteiger partial charge in [0.05, 0.1) is 18.5 Å². The Morgan fingerprint density at radius 3 is 2.32 bits per heavy atom. The number of hydrogen-bond donors (Lipinski definition) is 1. The molecule has 0 saturated carbocycles. The van der Waals surface area contributed by atoms with Gasteiger partial charge in [-0.2, -0.15) is 0 Å². The fraction of sp³-hybridized carbons (Fsp3) is 0.350. The van der Waals surface area contributed by atoms with Crippen molar-refractivity contribution in [1.29, 1.82) is 0 Å². The highest BCUT2D eigenvalue weighted by molar-refractivity contribution is 9.10. The van der Waals surface area contributed by atoms with Crippen LogP contribution in [0.3, 0.4) is 0 Å². The van der Waals surface area contributed by atoms with Crippen molar-refractivity contribution in [3.63, 3.8) is 0 Å². The molecule has 0 heterocycles. The molecule has 152 valence electrons. The Kier molecular flexibility index (Phi) is 7.48. The highest BCUT2D eigenvalue weighted by Gasteiger charge is 2.21. The zero-order chi connectivity index (χ0) is 20.9. The number of nitrogens with zero attached hydrogens (tertiary/aromatic N) is 1. The lowest BCUT2D eigenvalue weighted by Gasteiger charge is -2.22. The van der Waals surface area contributed by atoms with Gasteiger partial charge in [-0.1, -0.05) is 22.0 Å². The number of sulfonamides is 1. The van der Waals surface area contributed by atoms with E-state index in [9.17, 15) is 13.2 Å². The Balaban J connectivity index is 1.94. The Morgan fingerprint density at radius 2 is 1.75 bits per heavy atom. The fourth-order valence-electron chi connectivity index (χ4n) is 2.75. The maximum Gasteiger partial charge on any atom is 0.240 e. The van der Waals surface area contributed by atoms with Crippen LogP contribution < -0.4 is 14.4 Å². The molecule has 2 aromatic carbocycles. The second-order valence-corrected chi connectivity index (χ2v) is 9.49. The molecule has 1 N–H and O–H groups in total. The monoisotopic (exact) mass is 468 g/mol. The molecule has 0 bridgehead atoms. The van der Waals surface area contributed by atoms with Gasteiger partial charge in [0.15, 0.2) is 0 Å². The number of aryl methyl sites for hydroxylation is 3. The first-order valence-electron chi connectivity index (χ1n) is 8.78. The third-order valence-electron chi connectivity index (χ3n) is 4.01. The van der Waals surface area contributed by atoms with Crippen molar-refractivity contribution in [2.45, 2.75) is 20.8 Å². The molecular weight excluding hydrogens is 444 g/mol. The van der Waals surface area contributed by atoms with E-state index in [0.29, 0.717) is 12.3 Å². The van der Waals surface area contributed by atoms with Crippen molar-refractivity contribution in [1.82, 2.24) is 5.32 Å². The number of amides is 1. The minimum absolute atomic E-state index is 0.281. The van der Waals surface area contributed by atoms with E-state index in [2.05, 4.69) is 27.3 Å². The normalized spacial score (nSPS) is 11.2. The van der Waals surface area contributed by atoms with Crippen LogP contribution in [-0.2, 0) is 14.8 Å². The van der Waals surface area contributed by atoms with E-state index in [0.717, 1.165) is 37.5 Å². The average Bonchev–Trinajstić information content (AvgIpc) is 2.57. The summed E-state index contributed by atoms with van der Waals surface area (Å²) in [5.74, 6) is 0.352. The third kappa shape index (κ3) is 6.53. The van der Waals surface area contributed by atoms with Gasteiger partial charge < -0.3 is 10.1 Å². The van der Waals surface area contributed by atoms with Crippen molar-refractivity contribution >= 4 is 37.5 Å². The summed E-state index contributed by atoms with van der Waals surface area (Å²) in [6.45, 7) is 6.13. The van der Waals surface area contributed by atoms with Gasteiger partial charge in [-0.25, -0.2) is 8.42 Å². The summed E-state index contributed by atoms with van der Waals surface area (Å²) < 4.78 is 31.9. The summed E-state index contributed by atoms with van der Waals surface area (Å²) in [5, 5.41) is 2.70. The van der Waals surface area contributed by atoms with Crippen molar-refractivity contribution in [2.75, 3.05) is 30.3 Å². The number of anilines is 1. The Bertz CT molecular complexity index is 940. The van der Waals surface area contributed by atoms with Gasteiger partial charge in [0.25, 0.3) is 0 Å². The third-order valence-corrected chi connectivity index (χ3v) is 6.04. The molecule has 0 aliphatic carbocycles. The van der Waals surface area contributed by atoms with Crippen LogP contribution in [0.25, 0.3) is 0 Å². The van der Waals surface area contributed by atoms with E-state index in [1.54, 1.807) is 18.2 Å². The standard InChI is InChI=1S/C20H25BrN2O4S/c1-14-9-15(2)11-18(10-14)27-8-7-22-20(24)13-23(28(4,25)26)17-5-6-19(21)16(3)12-17/h5-6,9-12H,7-8,13H2,1-4H3,(H,22,24). The molecule has 0 aromatic heterocycles. The summed E-state index contributed by atoms with van der Waals surface area (Å²) in [6, 6.07) is 11.1. The van der Waals surface area contributed by atoms with Gasteiger partial charge in [0, 0.05) is 4.47 Å². The Labute approximate surface area is 175 Å². The van der Waals surface area contributed by atoms with Gasteiger partial charge in [-0.3, -0.25) is 9.10 Å². The van der Waals surface area contributed by atoms with Crippen molar-refractivity contribution < 1.29 is 17.9 Å². The number of ether oxygens (including phenoxy) is 1. The number of nitrogens with one attached hydrogen (secondary N) is 1. The molecule has 8 heteroatoms. The molecule has 0 atom stereocenters. The second kappa shape index (κ2) is 9.43. The topological polar surface area (TPSA) is 75.7 Å². The summed E-state index contributed by atoms with van der Waals surface area (Å²) in [6.07, 6.45) is 1.08. The van der Waals surface area contributed by atoms with Crippen LogP contribution in [0.15, 0.2) is 40.9 Å². The molecule has 0 spiro atoms. The number of carbonyl (C=O) groups excluding carboxylic acids is 1. The SMILES string of the molecule is Cc1cc(C)cc(OCCNC(=O)CN(c2ccc(Br)c(C)c2)S(C)(=O)=O)c1. The van der Waals surface area contributed by atoms with Crippen LogP contribution in [0.5, 0.6) is 5.75 Å². The largest absolute Gasteiger partial charge is 0.492 e. The summed E-state index contributed by atoms with van der Waals surface area (Å²) >= 11 is 3.39. The highest BCUT2D eigenvalue weighted by Crippen LogP contribution is 2.24. The van der Waals surface area contributed by atoms with Crippen LogP contribution in [-0.4, -0.2) is 40.3 Å². The summed E-state index contributed by atoms with van der Waals surface area (Å²) in [5.41, 5.74) is 3.54. The maximum atomic E-state index is 12.3. The quantitative estimate of drug-likeness (QED) is 0.602. The van der Waals surface area contributed by atoms with Crippen molar-refractivity contribution in [2.24, 2.45) is 0 Å². The first-order chi connectivity index (χ1) is 13.1. The molecule has 2 rings (SSSR count). The second-order valence-electron chi connectivity index (χ2n) is 6.72. The van der Waals surface area contributed by atoms with Gasteiger partial charge in [-0.15, -0.1) is 0 Å². The molecule has 0 radical (unpaired) electrons. The first-order valence-corrected chi connectivity index (χ1v) is 11.4. The highest BCUT2D eigenvalue weighted by atomic mass is 79.9. The average molecular weight is 469 g/mol. The zero-order valence-corrected chi connectivity index (χ0v) is 18.9. The smallest absolute Gasteiger partial charge is 0.240 e. The predicted octanol–water partition coefficient (Wildman–Crippen LogP) is 3.34. The Hall–Kier alpha value is -2.06. The molecule has 0 fully saturated rings. The molecule has 0 saturated heterocycles. The molecule has 28 heavy (non-hydrogen) atoms.